The van der Waals surface area contributed by atoms with Crippen molar-refractivity contribution >= 4 is 11.0 Å². The molecule has 0 amide bonds. The Kier molecular flexibility index (Phi) is 3.96. The van der Waals surface area contributed by atoms with Crippen LogP contribution in [-0.4, -0.2) is 18.2 Å². The van der Waals surface area contributed by atoms with E-state index >= 15 is 0 Å². The molecule has 0 radical (unpaired) electrons. The molecule has 1 aromatic carbocycles. The van der Waals surface area contributed by atoms with Gasteiger partial charge in [0.15, 0.2) is 0 Å². The van der Waals surface area contributed by atoms with E-state index in [2.05, 4.69) is 13.8 Å². The molecule has 3 atom stereocenters. The number of quaternary nitrogens is 1. The van der Waals surface area contributed by atoms with Crippen LogP contribution < -0.4 is 10.5 Å². The van der Waals surface area contributed by atoms with Crippen LogP contribution in [0.25, 0.3) is 11.0 Å². The maximum atomic E-state index is 11.9. The average molecular weight is 302 g/mol. The molecular weight excluding hydrogens is 278 g/mol. The number of rotatable bonds is 2. The first kappa shape index (κ1) is 15.1. The molecule has 4 heteroatoms. The van der Waals surface area contributed by atoms with Gasteiger partial charge in [-0.3, -0.25) is 0 Å². The third-order valence-electron chi connectivity index (χ3n) is 4.74. The Morgan fingerprint density at radius 2 is 1.95 bits per heavy atom. The quantitative estimate of drug-likeness (QED) is 0.833. The van der Waals surface area contributed by atoms with Crippen molar-refractivity contribution < 1.29 is 14.4 Å². The second-order valence-electron chi connectivity index (χ2n) is 6.96. The second kappa shape index (κ2) is 5.76. The summed E-state index contributed by atoms with van der Waals surface area (Å²) in [6.07, 6.45) is 1.29. The zero-order chi connectivity index (χ0) is 15.9. The molecule has 1 unspecified atom stereocenters. The Morgan fingerprint density at radius 1 is 1.27 bits per heavy atom. The Labute approximate surface area is 130 Å². The van der Waals surface area contributed by atoms with Crippen LogP contribution in [0.5, 0.6) is 5.75 Å². The minimum Gasteiger partial charge on any atom is -0.508 e. The summed E-state index contributed by atoms with van der Waals surface area (Å²) in [5.41, 5.74) is 1.83. The SMILES string of the molecule is Cc1c(O)ccc2c(C[NH+]3C[C@H](C)C[C@H](C)C3)cc(=O)oc12. The summed E-state index contributed by atoms with van der Waals surface area (Å²) in [5.74, 6) is 1.60. The molecule has 0 aliphatic carbocycles. The van der Waals surface area contributed by atoms with Crippen molar-refractivity contribution in [3.05, 3.63) is 39.7 Å². The normalized spacial score (nSPS) is 25.5. The van der Waals surface area contributed by atoms with E-state index in [1.54, 1.807) is 19.1 Å². The number of likely N-dealkylation sites (tertiary alicyclic amines) is 1. The molecule has 118 valence electrons. The number of benzene rings is 1. The van der Waals surface area contributed by atoms with Gasteiger partial charge in [-0.1, -0.05) is 13.8 Å². The lowest BCUT2D eigenvalue weighted by atomic mass is 9.91. The van der Waals surface area contributed by atoms with Crippen LogP contribution in [-0.2, 0) is 6.54 Å². The van der Waals surface area contributed by atoms with Gasteiger partial charge in [0, 0.05) is 34.4 Å². The predicted octanol–water partition coefficient (Wildman–Crippen LogP) is 1.87. The van der Waals surface area contributed by atoms with E-state index in [-0.39, 0.29) is 11.4 Å². The fourth-order valence-electron chi connectivity index (χ4n) is 3.90. The highest BCUT2D eigenvalue weighted by molar-refractivity contribution is 5.84. The third-order valence-corrected chi connectivity index (χ3v) is 4.74. The number of aryl methyl sites for hydroxylation is 1. The minimum absolute atomic E-state index is 0.167. The van der Waals surface area contributed by atoms with Crippen molar-refractivity contribution in [1.29, 1.82) is 0 Å². The predicted molar refractivity (Wildman–Crippen MR) is 86.2 cm³/mol. The molecule has 4 nitrogen and oxygen atoms in total. The summed E-state index contributed by atoms with van der Waals surface area (Å²) in [7, 11) is 0. The number of hydrogen-bond acceptors (Lipinski definition) is 3. The molecule has 2 N–H and O–H groups in total. The number of aromatic hydroxyl groups is 1. The van der Waals surface area contributed by atoms with Crippen molar-refractivity contribution in [3.8, 4) is 5.75 Å². The summed E-state index contributed by atoms with van der Waals surface area (Å²) in [6, 6.07) is 5.14. The third kappa shape index (κ3) is 2.88. The van der Waals surface area contributed by atoms with E-state index in [1.807, 2.05) is 6.07 Å². The van der Waals surface area contributed by atoms with Crippen molar-refractivity contribution in [2.45, 2.75) is 33.7 Å². The van der Waals surface area contributed by atoms with E-state index in [1.165, 1.54) is 11.3 Å². The molecule has 1 saturated heterocycles. The molecular formula is C18H24NO3+. The van der Waals surface area contributed by atoms with Gasteiger partial charge >= 0.3 is 5.63 Å². The highest BCUT2D eigenvalue weighted by Crippen LogP contribution is 2.27. The highest BCUT2D eigenvalue weighted by Gasteiger charge is 2.26. The Morgan fingerprint density at radius 3 is 2.64 bits per heavy atom. The van der Waals surface area contributed by atoms with Crippen LogP contribution in [0.1, 0.15) is 31.4 Å². The van der Waals surface area contributed by atoms with Crippen LogP contribution >= 0.6 is 0 Å². The minimum atomic E-state index is -0.339. The van der Waals surface area contributed by atoms with E-state index < -0.39 is 0 Å². The summed E-state index contributed by atoms with van der Waals surface area (Å²) in [6.45, 7) is 9.50. The summed E-state index contributed by atoms with van der Waals surface area (Å²) < 4.78 is 5.32. The van der Waals surface area contributed by atoms with Gasteiger partial charge < -0.3 is 14.4 Å². The van der Waals surface area contributed by atoms with E-state index in [0.29, 0.717) is 11.1 Å². The van der Waals surface area contributed by atoms with Gasteiger partial charge in [-0.15, -0.1) is 0 Å². The Balaban J connectivity index is 2.00. The Hall–Kier alpha value is -1.81. The average Bonchev–Trinajstić information content (AvgIpc) is 2.42. The molecule has 3 rings (SSSR count). The zero-order valence-corrected chi connectivity index (χ0v) is 13.5. The van der Waals surface area contributed by atoms with Gasteiger partial charge in [0.25, 0.3) is 0 Å². The molecule has 0 saturated carbocycles. The first-order chi connectivity index (χ1) is 10.4. The molecule has 2 heterocycles. The largest absolute Gasteiger partial charge is 0.508 e. The smallest absolute Gasteiger partial charge is 0.336 e. The van der Waals surface area contributed by atoms with E-state index in [9.17, 15) is 9.90 Å². The molecule has 22 heavy (non-hydrogen) atoms. The lowest BCUT2D eigenvalue weighted by Crippen LogP contribution is -3.13. The van der Waals surface area contributed by atoms with Gasteiger partial charge in [0.05, 0.1) is 13.1 Å². The summed E-state index contributed by atoms with van der Waals surface area (Å²) in [5, 5.41) is 10.8. The van der Waals surface area contributed by atoms with Crippen molar-refractivity contribution in [2.75, 3.05) is 13.1 Å². The van der Waals surface area contributed by atoms with Crippen LogP contribution in [0.15, 0.2) is 27.4 Å². The number of hydrogen-bond donors (Lipinski definition) is 2. The van der Waals surface area contributed by atoms with Gasteiger partial charge in [-0.2, -0.15) is 0 Å². The molecule has 1 aromatic heterocycles. The summed E-state index contributed by atoms with van der Waals surface area (Å²) >= 11 is 0. The van der Waals surface area contributed by atoms with Crippen molar-refractivity contribution in [2.24, 2.45) is 11.8 Å². The molecule has 1 aliphatic rings. The van der Waals surface area contributed by atoms with Gasteiger partial charge in [0.1, 0.15) is 17.9 Å². The molecule has 2 aromatic rings. The van der Waals surface area contributed by atoms with Crippen LogP contribution in [0, 0.1) is 18.8 Å². The summed E-state index contributed by atoms with van der Waals surface area (Å²) in [4.78, 5) is 13.4. The van der Waals surface area contributed by atoms with E-state index in [4.69, 9.17) is 4.42 Å². The molecule has 0 bridgehead atoms. The Bertz CT molecular complexity index is 740. The van der Waals surface area contributed by atoms with Crippen LogP contribution in [0.4, 0.5) is 0 Å². The number of fused-ring (bicyclic) bond motifs is 1. The van der Waals surface area contributed by atoms with Gasteiger partial charge in [-0.25, -0.2) is 4.79 Å². The molecule has 0 spiro atoms. The fraction of sp³-hybridized carbons (Fsp3) is 0.500. The zero-order valence-electron chi connectivity index (χ0n) is 13.5. The monoisotopic (exact) mass is 302 g/mol. The molecule has 1 fully saturated rings. The van der Waals surface area contributed by atoms with Crippen LogP contribution in [0.3, 0.4) is 0 Å². The van der Waals surface area contributed by atoms with E-state index in [0.717, 1.165) is 42.4 Å². The lowest BCUT2D eigenvalue weighted by molar-refractivity contribution is -0.925. The first-order valence-electron chi connectivity index (χ1n) is 8.03. The maximum absolute atomic E-state index is 11.9. The maximum Gasteiger partial charge on any atom is 0.336 e. The lowest BCUT2D eigenvalue weighted by Gasteiger charge is -2.32. The van der Waals surface area contributed by atoms with Crippen molar-refractivity contribution in [1.82, 2.24) is 0 Å². The number of phenols is 1. The highest BCUT2D eigenvalue weighted by atomic mass is 16.4. The van der Waals surface area contributed by atoms with Crippen molar-refractivity contribution in [3.63, 3.8) is 0 Å². The van der Waals surface area contributed by atoms with Gasteiger partial charge in [0.2, 0.25) is 0 Å². The first-order valence-corrected chi connectivity index (χ1v) is 8.03. The van der Waals surface area contributed by atoms with Crippen LogP contribution in [0.2, 0.25) is 0 Å². The van der Waals surface area contributed by atoms with Gasteiger partial charge in [-0.05, 0) is 25.5 Å². The fourth-order valence-corrected chi connectivity index (χ4v) is 3.90. The number of phenolic OH excluding ortho intramolecular Hbond substituents is 1. The number of piperidine rings is 1. The topological polar surface area (TPSA) is 54.9 Å². The second-order valence-corrected chi connectivity index (χ2v) is 6.96. The standard InChI is InChI=1S/C18H23NO3/c1-11-6-12(2)9-19(8-11)10-14-7-17(21)22-18-13(3)16(20)5-4-15(14)18/h4-5,7,11-12,20H,6,8-10H2,1-3H3/p+1/t11-,12+. The number of nitrogens with one attached hydrogen (secondary N) is 1. The molecule has 1 aliphatic heterocycles.